The third-order valence-electron chi connectivity index (χ3n) is 4.34. The van der Waals surface area contributed by atoms with Crippen molar-refractivity contribution in [3.05, 3.63) is 0 Å². The zero-order chi connectivity index (χ0) is 16.6. The minimum absolute atomic E-state index is 0.225. The zero-order valence-corrected chi connectivity index (χ0v) is 15.6. The molecule has 1 amide bonds. The van der Waals surface area contributed by atoms with Crippen LogP contribution in [0.4, 0.5) is 0 Å². The molecule has 0 bridgehead atoms. The average Bonchev–Trinajstić information content (AvgIpc) is 2.50. The molecule has 0 aromatic rings. The van der Waals surface area contributed by atoms with Gasteiger partial charge in [0.2, 0.25) is 5.91 Å². The molecule has 1 N–H and O–H groups in total. The fraction of sp³-hybridized carbons (Fsp3) is 0.947. The van der Waals surface area contributed by atoms with Crippen LogP contribution in [-0.2, 0) is 4.79 Å². The van der Waals surface area contributed by atoms with Crippen molar-refractivity contribution in [1.82, 2.24) is 10.2 Å². The lowest BCUT2D eigenvalue weighted by Gasteiger charge is -2.23. The third-order valence-corrected chi connectivity index (χ3v) is 4.34. The first kappa shape index (κ1) is 21.4. The van der Waals surface area contributed by atoms with Crippen LogP contribution < -0.4 is 5.32 Å². The van der Waals surface area contributed by atoms with Crippen LogP contribution in [0.1, 0.15) is 91.9 Å². The van der Waals surface area contributed by atoms with Gasteiger partial charge in [-0.1, -0.05) is 72.1 Å². The maximum absolute atomic E-state index is 11.9. The molecule has 0 saturated carbocycles. The Hall–Kier alpha value is -0.570. The Morgan fingerprint density at radius 2 is 1.36 bits per heavy atom. The van der Waals surface area contributed by atoms with E-state index in [1.54, 1.807) is 0 Å². The van der Waals surface area contributed by atoms with E-state index >= 15 is 0 Å². The second-order valence-electron chi connectivity index (χ2n) is 6.53. The Bertz CT molecular complexity index is 252. The molecule has 132 valence electrons. The van der Waals surface area contributed by atoms with E-state index in [2.05, 4.69) is 37.9 Å². The van der Waals surface area contributed by atoms with Crippen LogP contribution in [0.15, 0.2) is 0 Å². The predicted octanol–water partition coefficient (Wildman–Crippen LogP) is 4.75. The lowest BCUT2D eigenvalue weighted by Crippen LogP contribution is -2.41. The minimum atomic E-state index is 0.225. The van der Waals surface area contributed by atoms with E-state index in [9.17, 15) is 4.79 Å². The van der Waals surface area contributed by atoms with E-state index in [1.807, 2.05) is 0 Å². The van der Waals surface area contributed by atoms with Crippen LogP contribution in [0, 0.1) is 0 Å². The summed E-state index contributed by atoms with van der Waals surface area (Å²) in [5, 5.41) is 3.12. The van der Waals surface area contributed by atoms with Crippen molar-refractivity contribution in [2.45, 2.75) is 97.9 Å². The summed E-state index contributed by atoms with van der Waals surface area (Å²) in [5.74, 6) is 0.225. The number of unbranched alkanes of at least 4 members (excludes halogenated alkanes) is 8. The van der Waals surface area contributed by atoms with E-state index in [0.717, 1.165) is 26.1 Å². The normalized spacial score (nSPS) is 12.6. The number of rotatable bonds is 15. The summed E-state index contributed by atoms with van der Waals surface area (Å²) < 4.78 is 0. The number of hydrogen-bond donors (Lipinski definition) is 1. The van der Waals surface area contributed by atoms with Crippen LogP contribution in [0.3, 0.4) is 0 Å². The van der Waals surface area contributed by atoms with Gasteiger partial charge in [0, 0.05) is 19.0 Å². The van der Waals surface area contributed by atoms with Crippen molar-refractivity contribution in [3.63, 3.8) is 0 Å². The number of amides is 1. The number of carbonyl (C=O) groups excluding carboxylic acids is 1. The highest BCUT2D eigenvalue weighted by Gasteiger charge is 2.09. The first-order valence-electron chi connectivity index (χ1n) is 9.65. The fourth-order valence-corrected chi connectivity index (χ4v) is 2.86. The number of hydrogen-bond acceptors (Lipinski definition) is 2. The van der Waals surface area contributed by atoms with Crippen molar-refractivity contribution in [1.29, 1.82) is 0 Å². The van der Waals surface area contributed by atoms with Gasteiger partial charge >= 0.3 is 0 Å². The summed E-state index contributed by atoms with van der Waals surface area (Å²) >= 11 is 0. The molecule has 22 heavy (non-hydrogen) atoms. The summed E-state index contributed by atoms with van der Waals surface area (Å²) in [5.41, 5.74) is 0. The lowest BCUT2D eigenvalue weighted by molar-refractivity contribution is -0.121. The molecule has 1 atom stereocenters. The van der Waals surface area contributed by atoms with Gasteiger partial charge in [-0.05, 0) is 26.4 Å². The molecule has 0 fully saturated rings. The first-order chi connectivity index (χ1) is 10.6. The van der Waals surface area contributed by atoms with Gasteiger partial charge < -0.3 is 10.2 Å². The van der Waals surface area contributed by atoms with Gasteiger partial charge in [0.1, 0.15) is 0 Å². The maximum Gasteiger partial charge on any atom is 0.220 e. The molecule has 0 rings (SSSR count). The van der Waals surface area contributed by atoms with Gasteiger partial charge in [-0.15, -0.1) is 0 Å². The molecule has 0 aliphatic rings. The number of nitrogens with one attached hydrogen (secondary N) is 1. The summed E-state index contributed by atoms with van der Waals surface area (Å²) in [6.45, 7) is 11.8. The van der Waals surface area contributed by atoms with Crippen LogP contribution in [-0.4, -0.2) is 36.5 Å². The number of likely N-dealkylation sites (N-methyl/N-ethyl adjacent to an activating group) is 1. The van der Waals surface area contributed by atoms with E-state index in [-0.39, 0.29) is 11.9 Å². The Morgan fingerprint density at radius 3 is 1.86 bits per heavy atom. The third kappa shape index (κ3) is 13.1. The molecule has 0 aromatic carbocycles. The van der Waals surface area contributed by atoms with Crippen LogP contribution >= 0.6 is 0 Å². The summed E-state index contributed by atoms with van der Waals surface area (Å²) in [6.07, 6.45) is 12.4. The SMILES string of the molecule is CCCCCCCCCCCC(=O)NC(C)CN(CC)CC. The van der Waals surface area contributed by atoms with Crippen molar-refractivity contribution in [2.24, 2.45) is 0 Å². The second kappa shape index (κ2) is 15.3. The van der Waals surface area contributed by atoms with E-state index in [1.165, 1.54) is 51.4 Å². The van der Waals surface area contributed by atoms with Crippen LogP contribution in [0.2, 0.25) is 0 Å². The van der Waals surface area contributed by atoms with Crippen molar-refractivity contribution < 1.29 is 4.79 Å². The van der Waals surface area contributed by atoms with Crippen molar-refractivity contribution in [2.75, 3.05) is 19.6 Å². The van der Waals surface area contributed by atoms with Gasteiger partial charge in [0.05, 0.1) is 0 Å². The molecule has 0 saturated heterocycles. The topological polar surface area (TPSA) is 32.3 Å². The van der Waals surface area contributed by atoms with Crippen LogP contribution in [0.5, 0.6) is 0 Å². The monoisotopic (exact) mass is 312 g/mol. The van der Waals surface area contributed by atoms with Gasteiger partial charge in [-0.2, -0.15) is 0 Å². The van der Waals surface area contributed by atoms with Gasteiger partial charge in [0.15, 0.2) is 0 Å². The fourth-order valence-electron chi connectivity index (χ4n) is 2.86. The molecule has 0 aromatic heterocycles. The smallest absolute Gasteiger partial charge is 0.220 e. The van der Waals surface area contributed by atoms with Crippen molar-refractivity contribution >= 4 is 5.91 Å². The van der Waals surface area contributed by atoms with Gasteiger partial charge in [-0.3, -0.25) is 4.79 Å². The van der Waals surface area contributed by atoms with Gasteiger partial charge in [-0.25, -0.2) is 0 Å². The molecule has 0 radical (unpaired) electrons. The van der Waals surface area contributed by atoms with Crippen molar-refractivity contribution in [3.8, 4) is 0 Å². The molecule has 3 nitrogen and oxygen atoms in total. The molecule has 3 heteroatoms. The van der Waals surface area contributed by atoms with Gasteiger partial charge in [0.25, 0.3) is 0 Å². The minimum Gasteiger partial charge on any atom is -0.352 e. The highest BCUT2D eigenvalue weighted by atomic mass is 16.1. The summed E-state index contributed by atoms with van der Waals surface area (Å²) in [6, 6.07) is 0.256. The average molecular weight is 313 g/mol. The highest BCUT2D eigenvalue weighted by Crippen LogP contribution is 2.10. The maximum atomic E-state index is 11.9. The molecule has 0 spiro atoms. The standard InChI is InChI=1S/C19H40N2O/c1-5-8-9-10-11-12-13-14-15-16-19(22)20-18(4)17-21(6-2)7-3/h18H,5-17H2,1-4H3,(H,20,22). The lowest BCUT2D eigenvalue weighted by atomic mass is 10.1. The number of nitrogens with zero attached hydrogens (tertiary/aromatic N) is 1. The van der Waals surface area contributed by atoms with E-state index < -0.39 is 0 Å². The summed E-state index contributed by atoms with van der Waals surface area (Å²) in [4.78, 5) is 14.2. The Balaban J connectivity index is 3.45. The predicted molar refractivity (Wildman–Crippen MR) is 97.2 cm³/mol. The largest absolute Gasteiger partial charge is 0.352 e. The highest BCUT2D eigenvalue weighted by molar-refractivity contribution is 5.76. The Morgan fingerprint density at radius 1 is 0.864 bits per heavy atom. The summed E-state index contributed by atoms with van der Waals surface area (Å²) in [7, 11) is 0. The Kier molecular flexibility index (Phi) is 14.9. The first-order valence-corrected chi connectivity index (χ1v) is 9.65. The number of carbonyl (C=O) groups is 1. The Labute approximate surface area is 139 Å². The molecule has 0 aliphatic heterocycles. The molecular weight excluding hydrogens is 272 g/mol. The molecule has 0 aliphatic carbocycles. The molecule has 1 unspecified atom stereocenters. The quantitative estimate of drug-likeness (QED) is 0.442. The van der Waals surface area contributed by atoms with E-state index in [0.29, 0.717) is 6.42 Å². The zero-order valence-electron chi connectivity index (χ0n) is 15.6. The molecular formula is C19H40N2O. The second-order valence-corrected chi connectivity index (χ2v) is 6.53. The molecule has 0 heterocycles. The van der Waals surface area contributed by atoms with Crippen LogP contribution in [0.25, 0.3) is 0 Å². The van der Waals surface area contributed by atoms with E-state index in [4.69, 9.17) is 0 Å².